The molecule has 0 aliphatic heterocycles. The van der Waals surface area contributed by atoms with Gasteiger partial charge in [-0.25, -0.2) is 4.79 Å². The van der Waals surface area contributed by atoms with Gasteiger partial charge in [0, 0.05) is 17.8 Å². The Bertz CT molecular complexity index is 1120. The van der Waals surface area contributed by atoms with Crippen molar-refractivity contribution in [3.63, 3.8) is 0 Å². The number of aromatic nitrogens is 3. The van der Waals surface area contributed by atoms with Crippen LogP contribution in [0.3, 0.4) is 0 Å². The molecule has 0 fully saturated rings. The molecule has 0 saturated heterocycles. The molecule has 3 aromatic rings. The van der Waals surface area contributed by atoms with Gasteiger partial charge >= 0.3 is 5.97 Å². The molecule has 32 heavy (non-hydrogen) atoms. The highest BCUT2D eigenvalue weighted by Crippen LogP contribution is 2.25. The number of anilines is 1. The lowest BCUT2D eigenvalue weighted by Gasteiger charge is -2.10. The van der Waals surface area contributed by atoms with Crippen LogP contribution in [0.1, 0.15) is 29.8 Å². The van der Waals surface area contributed by atoms with Crippen molar-refractivity contribution in [1.29, 1.82) is 0 Å². The predicted octanol–water partition coefficient (Wildman–Crippen LogP) is 4.74. The summed E-state index contributed by atoms with van der Waals surface area (Å²) in [5.74, 6) is 0.234. The molecule has 0 bridgehead atoms. The number of esters is 1. The molecule has 166 valence electrons. The number of benzene rings is 2. The highest BCUT2D eigenvalue weighted by molar-refractivity contribution is 7.99. The van der Waals surface area contributed by atoms with Crippen molar-refractivity contribution in [2.24, 2.45) is 0 Å². The van der Waals surface area contributed by atoms with E-state index in [9.17, 15) is 9.59 Å². The Kier molecular flexibility index (Phi) is 7.83. The van der Waals surface area contributed by atoms with E-state index in [1.54, 1.807) is 44.2 Å². The molecule has 0 unspecified atom stereocenters. The van der Waals surface area contributed by atoms with Crippen molar-refractivity contribution in [2.75, 3.05) is 11.1 Å². The summed E-state index contributed by atoms with van der Waals surface area (Å²) in [7, 11) is 0. The molecule has 8 heteroatoms. The van der Waals surface area contributed by atoms with E-state index in [0.717, 1.165) is 17.0 Å². The average Bonchev–Trinajstić information content (AvgIpc) is 3.15. The number of nitrogens with one attached hydrogen (secondary N) is 1. The third kappa shape index (κ3) is 6.07. The third-order valence-corrected chi connectivity index (χ3v) is 5.33. The van der Waals surface area contributed by atoms with Crippen LogP contribution in [0.2, 0.25) is 0 Å². The fraction of sp³-hybridized carbons (Fsp3) is 0.250. The maximum absolute atomic E-state index is 12.5. The summed E-state index contributed by atoms with van der Waals surface area (Å²) in [5, 5.41) is 12.0. The largest absolute Gasteiger partial charge is 0.459 e. The van der Waals surface area contributed by atoms with Crippen LogP contribution < -0.4 is 5.32 Å². The number of hydrogen-bond acceptors (Lipinski definition) is 6. The third-order valence-electron chi connectivity index (χ3n) is 4.36. The zero-order chi connectivity index (χ0) is 23.1. The number of nitrogens with zero attached hydrogens (tertiary/aromatic N) is 3. The zero-order valence-electron chi connectivity index (χ0n) is 18.4. The number of ether oxygens (including phenoxy) is 1. The number of thioether (sulfide) groups is 1. The molecule has 3 rings (SSSR count). The topological polar surface area (TPSA) is 86.1 Å². The van der Waals surface area contributed by atoms with Gasteiger partial charge < -0.3 is 10.1 Å². The average molecular weight is 451 g/mol. The Morgan fingerprint density at radius 3 is 2.69 bits per heavy atom. The number of rotatable bonds is 9. The minimum atomic E-state index is -0.424. The second-order valence-corrected chi connectivity index (χ2v) is 8.39. The lowest BCUT2D eigenvalue weighted by Crippen LogP contribution is -2.16. The van der Waals surface area contributed by atoms with Gasteiger partial charge in [0.25, 0.3) is 0 Å². The van der Waals surface area contributed by atoms with Crippen LogP contribution in [0.25, 0.3) is 11.4 Å². The van der Waals surface area contributed by atoms with E-state index in [4.69, 9.17) is 4.74 Å². The summed E-state index contributed by atoms with van der Waals surface area (Å²) in [6.07, 6.45) is 1.56. The maximum atomic E-state index is 12.5. The van der Waals surface area contributed by atoms with E-state index in [0.29, 0.717) is 23.0 Å². The van der Waals surface area contributed by atoms with Gasteiger partial charge in [-0.3, -0.25) is 9.36 Å². The smallest absolute Gasteiger partial charge is 0.338 e. The Morgan fingerprint density at radius 1 is 1.19 bits per heavy atom. The van der Waals surface area contributed by atoms with Gasteiger partial charge in [0.05, 0.1) is 17.4 Å². The SMILES string of the molecule is C=CCn1c(SCC(=O)Nc2cccc(C(=O)OC(C)C)c2)nnc1-c1cccc(C)c1. The molecule has 2 aromatic carbocycles. The number of carbonyl (C=O) groups is 2. The van der Waals surface area contributed by atoms with Crippen LogP contribution in [-0.4, -0.2) is 38.5 Å². The molecular weight excluding hydrogens is 424 g/mol. The van der Waals surface area contributed by atoms with Gasteiger partial charge in [0.15, 0.2) is 11.0 Å². The van der Waals surface area contributed by atoms with E-state index >= 15 is 0 Å². The van der Waals surface area contributed by atoms with E-state index in [1.165, 1.54) is 11.8 Å². The molecule has 1 amide bonds. The van der Waals surface area contributed by atoms with Gasteiger partial charge in [0.2, 0.25) is 5.91 Å². The number of aryl methyl sites for hydroxylation is 1. The first-order chi connectivity index (χ1) is 15.4. The number of hydrogen-bond donors (Lipinski definition) is 1. The summed E-state index contributed by atoms with van der Waals surface area (Å²) >= 11 is 1.29. The molecule has 7 nitrogen and oxygen atoms in total. The Morgan fingerprint density at radius 2 is 1.97 bits per heavy atom. The molecule has 0 spiro atoms. The summed E-state index contributed by atoms with van der Waals surface area (Å²) in [5.41, 5.74) is 3.00. The van der Waals surface area contributed by atoms with E-state index in [-0.39, 0.29) is 17.8 Å². The monoisotopic (exact) mass is 450 g/mol. The van der Waals surface area contributed by atoms with Crippen LogP contribution >= 0.6 is 11.8 Å². The van der Waals surface area contributed by atoms with Crippen molar-refractivity contribution >= 4 is 29.3 Å². The van der Waals surface area contributed by atoms with Crippen molar-refractivity contribution in [1.82, 2.24) is 14.8 Å². The molecule has 0 aliphatic rings. The fourth-order valence-electron chi connectivity index (χ4n) is 3.02. The first kappa shape index (κ1) is 23.3. The molecule has 0 aliphatic carbocycles. The van der Waals surface area contributed by atoms with Crippen LogP contribution in [0.15, 0.2) is 66.3 Å². The van der Waals surface area contributed by atoms with Crippen molar-refractivity contribution in [2.45, 2.75) is 38.6 Å². The highest BCUT2D eigenvalue weighted by Gasteiger charge is 2.16. The molecule has 1 N–H and O–H groups in total. The highest BCUT2D eigenvalue weighted by atomic mass is 32.2. The number of allylic oxidation sites excluding steroid dienone is 1. The molecule has 1 aromatic heterocycles. The van der Waals surface area contributed by atoms with Crippen LogP contribution in [0.4, 0.5) is 5.69 Å². The Labute approximate surface area is 191 Å². The molecule has 0 radical (unpaired) electrons. The van der Waals surface area contributed by atoms with Gasteiger partial charge in [-0.15, -0.1) is 16.8 Å². The van der Waals surface area contributed by atoms with Crippen LogP contribution in [0.5, 0.6) is 0 Å². The number of amides is 1. The first-order valence-electron chi connectivity index (χ1n) is 10.2. The molecule has 1 heterocycles. The lowest BCUT2D eigenvalue weighted by atomic mass is 10.1. The lowest BCUT2D eigenvalue weighted by molar-refractivity contribution is -0.113. The normalized spacial score (nSPS) is 10.8. The zero-order valence-corrected chi connectivity index (χ0v) is 19.2. The quantitative estimate of drug-likeness (QED) is 0.288. The second kappa shape index (κ2) is 10.8. The van der Waals surface area contributed by atoms with E-state index < -0.39 is 5.97 Å². The van der Waals surface area contributed by atoms with Crippen molar-refractivity contribution in [3.05, 3.63) is 72.3 Å². The Hall–Kier alpha value is -3.39. The van der Waals surface area contributed by atoms with E-state index in [1.807, 2.05) is 35.8 Å². The fourth-order valence-corrected chi connectivity index (χ4v) is 3.77. The standard InChI is InChI=1S/C24H26N4O3S/c1-5-12-28-22(18-9-6-8-17(4)13-18)26-27-24(28)32-15-21(29)25-20-11-7-10-19(14-20)23(30)31-16(2)3/h5-11,13-14,16H,1,12,15H2,2-4H3,(H,25,29). The van der Waals surface area contributed by atoms with Gasteiger partial charge in [-0.1, -0.05) is 47.7 Å². The number of carbonyl (C=O) groups excluding carboxylic acids is 2. The second-order valence-electron chi connectivity index (χ2n) is 7.45. The maximum Gasteiger partial charge on any atom is 0.338 e. The molecule has 0 atom stereocenters. The van der Waals surface area contributed by atoms with Gasteiger partial charge in [-0.2, -0.15) is 0 Å². The molecular formula is C24H26N4O3S. The van der Waals surface area contributed by atoms with Crippen molar-refractivity contribution < 1.29 is 14.3 Å². The van der Waals surface area contributed by atoms with Crippen molar-refractivity contribution in [3.8, 4) is 11.4 Å². The minimum absolute atomic E-state index is 0.143. The summed E-state index contributed by atoms with van der Waals surface area (Å²) in [4.78, 5) is 24.6. The Balaban J connectivity index is 1.68. The molecule has 0 saturated carbocycles. The summed E-state index contributed by atoms with van der Waals surface area (Å²) in [6, 6.07) is 14.7. The van der Waals surface area contributed by atoms with E-state index in [2.05, 4.69) is 22.1 Å². The van der Waals surface area contributed by atoms with Crippen LogP contribution in [0, 0.1) is 6.92 Å². The van der Waals surface area contributed by atoms with Gasteiger partial charge in [0.1, 0.15) is 0 Å². The first-order valence-corrected chi connectivity index (χ1v) is 11.2. The summed E-state index contributed by atoms with van der Waals surface area (Å²) < 4.78 is 7.13. The van der Waals surface area contributed by atoms with Gasteiger partial charge in [-0.05, 0) is 45.0 Å². The minimum Gasteiger partial charge on any atom is -0.459 e. The predicted molar refractivity (Wildman–Crippen MR) is 127 cm³/mol. The van der Waals surface area contributed by atoms with Crippen LogP contribution in [-0.2, 0) is 16.1 Å². The summed E-state index contributed by atoms with van der Waals surface area (Å²) in [6.45, 7) is 9.94.